The van der Waals surface area contributed by atoms with Crippen LogP contribution in [0.1, 0.15) is 44.4 Å². The molecule has 7 heteroatoms. The molecule has 1 aromatic heterocycles. The van der Waals surface area contributed by atoms with Gasteiger partial charge in [0, 0.05) is 11.6 Å². The van der Waals surface area contributed by atoms with Crippen molar-refractivity contribution in [2.24, 2.45) is 0 Å². The van der Waals surface area contributed by atoms with Gasteiger partial charge in [-0.3, -0.25) is 4.79 Å². The van der Waals surface area contributed by atoms with Gasteiger partial charge in [-0.1, -0.05) is 19.1 Å². The second-order valence-electron chi connectivity index (χ2n) is 7.19. The molecule has 3 amide bonds. The molecule has 140 valence electrons. The number of benzene rings is 1. The van der Waals surface area contributed by atoms with Gasteiger partial charge in [-0.2, -0.15) is 0 Å². The fourth-order valence-electron chi connectivity index (χ4n) is 3.43. The van der Waals surface area contributed by atoms with E-state index < -0.39 is 11.6 Å². The molecule has 2 aliphatic heterocycles. The van der Waals surface area contributed by atoms with Crippen molar-refractivity contribution in [1.82, 2.24) is 10.3 Å². The molecule has 0 aliphatic carbocycles. The minimum atomic E-state index is -0.925. The summed E-state index contributed by atoms with van der Waals surface area (Å²) < 4.78 is 11.8. The number of fused-ring (bicyclic) bond motifs is 1. The van der Waals surface area contributed by atoms with Crippen molar-refractivity contribution in [3.63, 3.8) is 0 Å². The van der Waals surface area contributed by atoms with Gasteiger partial charge in [-0.15, -0.1) is 0 Å². The van der Waals surface area contributed by atoms with Gasteiger partial charge in [-0.05, 0) is 38.0 Å². The van der Waals surface area contributed by atoms with Gasteiger partial charge >= 0.3 is 6.03 Å². The SMILES string of the molecule is CCC1OCc2cccc(Oc3ccc(N4C(=O)NC(C)(C)C4=O)cn3)c21. The van der Waals surface area contributed by atoms with Crippen LogP contribution in [-0.4, -0.2) is 22.5 Å². The van der Waals surface area contributed by atoms with Gasteiger partial charge in [0.25, 0.3) is 5.91 Å². The zero-order valence-corrected chi connectivity index (χ0v) is 15.5. The maximum absolute atomic E-state index is 12.4. The van der Waals surface area contributed by atoms with E-state index in [1.807, 2.05) is 18.2 Å². The lowest BCUT2D eigenvalue weighted by atomic mass is 10.0. The Kier molecular flexibility index (Phi) is 4.11. The Bertz CT molecular complexity index is 908. The van der Waals surface area contributed by atoms with E-state index in [-0.39, 0.29) is 12.0 Å². The highest BCUT2D eigenvalue weighted by molar-refractivity contribution is 6.22. The van der Waals surface area contributed by atoms with Crippen LogP contribution in [0.2, 0.25) is 0 Å². The number of hydrogen-bond donors (Lipinski definition) is 1. The Balaban J connectivity index is 1.58. The number of amides is 3. The van der Waals surface area contributed by atoms with Crippen LogP contribution in [0.4, 0.5) is 10.5 Å². The van der Waals surface area contributed by atoms with E-state index in [9.17, 15) is 9.59 Å². The fraction of sp³-hybridized carbons (Fsp3) is 0.350. The van der Waals surface area contributed by atoms with Crippen molar-refractivity contribution >= 4 is 17.6 Å². The summed E-state index contributed by atoms with van der Waals surface area (Å²) in [5.74, 6) is 0.792. The first kappa shape index (κ1) is 17.5. The number of ether oxygens (including phenoxy) is 2. The third-order valence-corrected chi connectivity index (χ3v) is 4.84. The van der Waals surface area contributed by atoms with Gasteiger partial charge in [-0.25, -0.2) is 14.7 Å². The Morgan fingerprint density at radius 1 is 1.30 bits per heavy atom. The van der Waals surface area contributed by atoms with E-state index >= 15 is 0 Å². The standard InChI is InChI=1S/C20H21N3O4/c1-4-14-17-12(11-26-14)6-5-7-15(17)27-16-9-8-13(10-21-16)23-18(24)20(2,3)22-19(23)25/h5-10,14H,4,11H2,1-3H3,(H,22,25). The van der Waals surface area contributed by atoms with Crippen molar-refractivity contribution in [3.8, 4) is 11.6 Å². The number of aromatic nitrogens is 1. The number of nitrogens with one attached hydrogen (secondary N) is 1. The largest absolute Gasteiger partial charge is 0.439 e. The molecule has 1 N–H and O–H groups in total. The van der Waals surface area contributed by atoms with Crippen LogP contribution >= 0.6 is 0 Å². The molecule has 0 bridgehead atoms. The molecule has 1 unspecified atom stereocenters. The van der Waals surface area contributed by atoms with E-state index in [2.05, 4.69) is 17.2 Å². The molecule has 4 rings (SSSR count). The number of carbonyl (C=O) groups is 2. The summed E-state index contributed by atoms with van der Waals surface area (Å²) in [6.07, 6.45) is 2.34. The second-order valence-corrected chi connectivity index (χ2v) is 7.19. The van der Waals surface area contributed by atoms with Crippen molar-refractivity contribution in [1.29, 1.82) is 0 Å². The molecule has 2 aromatic rings. The Morgan fingerprint density at radius 3 is 2.74 bits per heavy atom. The number of carbonyl (C=O) groups excluding carboxylic acids is 2. The number of anilines is 1. The zero-order valence-electron chi connectivity index (χ0n) is 15.5. The van der Waals surface area contributed by atoms with Crippen LogP contribution < -0.4 is 15.0 Å². The lowest BCUT2D eigenvalue weighted by molar-refractivity contribution is -0.121. The number of pyridine rings is 1. The first-order valence-corrected chi connectivity index (χ1v) is 8.94. The highest BCUT2D eigenvalue weighted by Crippen LogP contribution is 2.40. The smallest absolute Gasteiger partial charge is 0.329 e. The summed E-state index contributed by atoms with van der Waals surface area (Å²) in [6, 6.07) is 8.71. The molecule has 7 nitrogen and oxygen atoms in total. The van der Waals surface area contributed by atoms with Gasteiger partial charge < -0.3 is 14.8 Å². The summed E-state index contributed by atoms with van der Waals surface area (Å²) in [5, 5.41) is 2.65. The highest BCUT2D eigenvalue weighted by atomic mass is 16.5. The molecule has 1 saturated heterocycles. The first-order chi connectivity index (χ1) is 12.9. The van der Waals surface area contributed by atoms with Crippen LogP contribution in [0.5, 0.6) is 11.6 Å². The lowest BCUT2D eigenvalue weighted by Crippen LogP contribution is -2.40. The molecule has 2 aliphatic rings. The minimum Gasteiger partial charge on any atom is -0.439 e. The molecule has 0 saturated carbocycles. The van der Waals surface area contributed by atoms with Gasteiger partial charge in [0.15, 0.2) is 0 Å². The maximum atomic E-state index is 12.4. The summed E-state index contributed by atoms with van der Waals surface area (Å²) in [5.41, 5.74) is 1.66. The van der Waals surface area contributed by atoms with E-state index in [4.69, 9.17) is 9.47 Å². The van der Waals surface area contributed by atoms with Crippen molar-refractivity contribution in [2.75, 3.05) is 4.90 Å². The molecule has 0 radical (unpaired) electrons. The number of imide groups is 1. The van der Waals surface area contributed by atoms with Crippen LogP contribution in [0, 0.1) is 0 Å². The Morgan fingerprint density at radius 2 is 2.11 bits per heavy atom. The minimum absolute atomic E-state index is 0.0172. The second kappa shape index (κ2) is 6.35. The quantitative estimate of drug-likeness (QED) is 0.834. The van der Waals surface area contributed by atoms with Crippen molar-refractivity contribution in [3.05, 3.63) is 47.7 Å². The van der Waals surface area contributed by atoms with Gasteiger partial charge in [0.05, 0.1) is 24.6 Å². The number of hydrogen-bond acceptors (Lipinski definition) is 5. The molecular weight excluding hydrogens is 346 g/mol. The highest BCUT2D eigenvalue weighted by Gasteiger charge is 2.45. The summed E-state index contributed by atoms with van der Waals surface area (Å²) in [4.78, 5) is 29.8. The van der Waals surface area contributed by atoms with Crippen molar-refractivity contribution in [2.45, 2.75) is 45.4 Å². The molecule has 1 aromatic carbocycles. The lowest BCUT2D eigenvalue weighted by Gasteiger charge is -2.16. The molecule has 3 heterocycles. The van der Waals surface area contributed by atoms with Gasteiger partial charge in [0.2, 0.25) is 5.88 Å². The molecule has 1 fully saturated rings. The van der Waals surface area contributed by atoms with E-state index in [0.717, 1.165) is 22.4 Å². The Hall–Kier alpha value is -2.93. The van der Waals surface area contributed by atoms with Crippen LogP contribution in [-0.2, 0) is 16.1 Å². The van der Waals surface area contributed by atoms with Crippen LogP contribution in [0.15, 0.2) is 36.5 Å². The van der Waals surface area contributed by atoms with E-state index in [1.54, 1.807) is 26.0 Å². The number of nitrogens with zero attached hydrogens (tertiary/aromatic N) is 2. The normalized spacial score (nSPS) is 20.6. The third-order valence-electron chi connectivity index (χ3n) is 4.84. The predicted octanol–water partition coefficient (Wildman–Crippen LogP) is 3.69. The fourth-order valence-corrected chi connectivity index (χ4v) is 3.43. The Labute approximate surface area is 157 Å². The average molecular weight is 367 g/mol. The van der Waals surface area contributed by atoms with Crippen molar-refractivity contribution < 1.29 is 19.1 Å². The van der Waals surface area contributed by atoms with Crippen LogP contribution in [0.25, 0.3) is 0 Å². The van der Waals surface area contributed by atoms with Gasteiger partial charge in [0.1, 0.15) is 11.3 Å². The third kappa shape index (κ3) is 2.94. The molecule has 1 atom stereocenters. The summed E-state index contributed by atoms with van der Waals surface area (Å²) in [7, 11) is 0. The zero-order chi connectivity index (χ0) is 19.2. The van der Waals surface area contributed by atoms with Crippen LogP contribution in [0.3, 0.4) is 0 Å². The number of rotatable bonds is 4. The molecular formula is C20H21N3O4. The average Bonchev–Trinajstić information content (AvgIpc) is 3.15. The van der Waals surface area contributed by atoms with E-state index in [0.29, 0.717) is 23.9 Å². The summed E-state index contributed by atoms with van der Waals surface area (Å²) in [6.45, 7) is 5.99. The molecule has 0 spiro atoms. The number of urea groups is 1. The first-order valence-electron chi connectivity index (χ1n) is 8.94. The topological polar surface area (TPSA) is 80.8 Å². The predicted molar refractivity (Wildman–Crippen MR) is 98.7 cm³/mol. The monoisotopic (exact) mass is 367 g/mol. The molecule has 27 heavy (non-hydrogen) atoms. The van der Waals surface area contributed by atoms with E-state index in [1.165, 1.54) is 6.20 Å². The maximum Gasteiger partial charge on any atom is 0.329 e. The summed E-state index contributed by atoms with van der Waals surface area (Å²) >= 11 is 0.